The Morgan fingerprint density at radius 2 is 1.96 bits per heavy atom. The maximum absolute atomic E-state index is 6.29. The molecule has 0 radical (unpaired) electrons. The molecule has 136 valence electrons. The summed E-state index contributed by atoms with van der Waals surface area (Å²) in [5.41, 5.74) is 11.8. The second-order valence-corrected chi connectivity index (χ2v) is 8.07. The van der Waals surface area contributed by atoms with Crippen LogP contribution >= 0.6 is 12.4 Å². The Balaban J connectivity index is 0.00000182. The number of benzene rings is 1. The molecule has 2 N–H and O–H groups in total. The number of likely N-dealkylation sites (tertiary alicyclic amines) is 1. The first-order chi connectivity index (χ1) is 11.5. The van der Waals surface area contributed by atoms with Crippen LogP contribution in [0.4, 0.5) is 0 Å². The zero-order chi connectivity index (χ0) is 16.7. The van der Waals surface area contributed by atoms with Crippen LogP contribution in [-0.4, -0.2) is 33.8 Å². The van der Waals surface area contributed by atoms with E-state index in [1.54, 1.807) is 0 Å². The Morgan fingerprint density at radius 1 is 1.20 bits per heavy atom. The van der Waals surface area contributed by atoms with Gasteiger partial charge in [-0.2, -0.15) is 5.10 Å². The highest BCUT2D eigenvalue weighted by molar-refractivity contribution is 5.85. The minimum absolute atomic E-state index is 0. The van der Waals surface area contributed by atoms with Crippen molar-refractivity contribution in [3.05, 3.63) is 47.3 Å². The Morgan fingerprint density at radius 3 is 2.68 bits per heavy atom. The van der Waals surface area contributed by atoms with Gasteiger partial charge in [-0.1, -0.05) is 32.0 Å². The van der Waals surface area contributed by atoms with Crippen molar-refractivity contribution in [2.45, 2.75) is 52.1 Å². The van der Waals surface area contributed by atoms with E-state index in [1.807, 2.05) is 0 Å². The molecule has 0 spiro atoms. The minimum Gasteiger partial charge on any atom is -0.327 e. The van der Waals surface area contributed by atoms with E-state index in [9.17, 15) is 0 Å². The predicted octanol–water partition coefficient (Wildman–Crippen LogP) is 3.34. The van der Waals surface area contributed by atoms with Crippen LogP contribution in [0.3, 0.4) is 0 Å². The first-order valence-corrected chi connectivity index (χ1v) is 9.17. The third-order valence-electron chi connectivity index (χ3n) is 5.78. The van der Waals surface area contributed by atoms with E-state index >= 15 is 0 Å². The van der Waals surface area contributed by atoms with Gasteiger partial charge in [0, 0.05) is 31.4 Å². The summed E-state index contributed by atoms with van der Waals surface area (Å²) < 4.78 is 2.18. The summed E-state index contributed by atoms with van der Waals surface area (Å²) in [6.07, 6.45) is 4.65. The zero-order valence-electron chi connectivity index (χ0n) is 15.2. The smallest absolute Gasteiger partial charge is 0.0804 e. The molecule has 1 aliphatic heterocycles. The van der Waals surface area contributed by atoms with Gasteiger partial charge >= 0.3 is 0 Å². The number of aromatic nitrogens is 2. The number of rotatable bonds is 3. The van der Waals surface area contributed by atoms with Gasteiger partial charge in [0.1, 0.15) is 0 Å². The second kappa shape index (κ2) is 7.10. The van der Waals surface area contributed by atoms with Crippen LogP contribution in [0.25, 0.3) is 5.69 Å². The lowest BCUT2D eigenvalue weighted by Gasteiger charge is -2.42. The fourth-order valence-electron chi connectivity index (χ4n) is 4.26. The Kier molecular flexibility index (Phi) is 5.24. The molecule has 1 aliphatic carbocycles. The number of nitrogens with zero attached hydrogens (tertiary/aromatic N) is 3. The van der Waals surface area contributed by atoms with Gasteiger partial charge in [0.15, 0.2) is 0 Å². The second-order valence-electron chi connectivity index (χ2n) is 8.07. The predicted molar refractivity (Wildman–Crippen MR) is 104 cm³/mol. The number of para-hydroxylation sites is 1. The molecule has 0 bridgehead atoms. The summed E-state index contributed by atoms with van der Waals surface area (Å²) in [6, 6.07) is 10.9. The molecule has 1 unspecified atom stereocenters. The highest BCUT2D eigenvalue weighted by Gasteiger charge is 2.34. The molecular weight excluding hydrogens is 332 g/mol. The Bertz CT molecular complexity index is 723. The van der Waals surface area contributed by atoms with Crippen LogP contribution in [0.1, 0.15) is 43.6 Å². The lowest BCUT2D eigenvalue weighted by molar-refractivity contribution is 0.0886. The highest BCUT2D eigenvalue weighted by Crippen LogP contribution is 2.32. The number of hydrogen-bond donors (Lipinski definition) is 1. The molecule has 5 heteroatoms. The highest BCUT2D eigenvalue weighted by atomic mass is 35.5. The third kappa shape index (κ3) is 3.48. The normalized spacial score (nSPS) is 22.4. The van der Waals surface area contributed by atoms with Crippen LogP contribution in [0, 0.1) is 5.41 Å². The van der Waals surface area contributed by atoms with Crippen LogP contribution < -0.4 is 5.73 Å². The molecule has 0 saturated carbocycles. The monoisotopic (exact) mass is 360 g/mol. The van der Waals surface area contributed by atoms with Gasteiger partial charge in [-0.25, -0.2) is 4.68 Å². The van der Waals surface area contributed by atoms with Crippen molar-refractivity contribution in [3.8, 4) is 5.69 Å². The fourth-order valence-corrected chi connectivity index (χ4v) is 4.26. The van der Waals surface area contributed by atoms with Crippen molar-refractivity contribution in [2.24, 2.45) is 11.1 Å². The molecule has 2 aliphatic rings. The minimum atomic E-state index is 0. The van der Waals surface area contributed by atoms with E-state index in [2.05, 4.69) is 53.8 Å². The first kappa shape index (κ1) is 18.4. The number of nitrogens with two attached hydrogens (primary N) is 1. The third-order valence-corrected chi connectivity index (χ3v) is 5.78. The molecule has 4 nitrogen and oxygen atoms in total. The molecular formula is C20H29ClN4. The van der Waals surface area contributed by atoms with Crippen LogP contribution in [0.15, 0.2) is 30.3 Å². The molecule has 1 atom stereocenters. The van der Waals surface area contributed by atoms with E-state index in [-0.39, 0.29) is 17.8 Å². The molecule has 1 aromatic carbocycles. The summed E-state index contributed by atoms with van der Waals surface area (Å²) >= 11 is 0. The number of hydrogen-bond acceptors (Lipinski definition) is 3. The molecule has 1 fully saturated rings. The van der Waals surface area contributed by atoms with Crippen molar-refractivity contribution in [2.75, 3.05) is 13.1 Å². The first-order valence-electron chi connectivity index (χ1n) is 9.17. The summed E-state index contributed by atoms with van der Waals surface area (Å²) in [4.78, 5) is 2.54. The van der Waals surface area contributed by atoms with Gasteiger partial charge in [-0.3, -0.25) is 4.90 Å². The average Bonchev–Trinajstić information content (AvgIpc) is 3.15. The Hall–Kier alpha value is -1.36. The molecule has 0 amide bonds. The summed E-state index contributed by atoms with van der Waals surface area (Å²) in [7, 11) is 0. The van der Waals surface area contributed by atoms with Crippen LogP contribution in [0.2, 0.25) is 0 Å². The van der Waals surface area contributed by atoms with E-state index in [0.717, 1.165) is 32.5 Å². The van der Waals surface area contributed by atoms with Gasteiger partial charge < -0.3 is 5.73 Å². The lowest BCUT2D eigenvalue weighted by Crippen LogP contribution is -2.52. The molecule has 25 heavy (non-hydrogen) atoms. The molecule has 1 aromatic heterocycles. The van der Waals surface area contributed by atoms with E-state index in [1.165, 1.54) is 35.5 Å². The Labute approximate surface area is 156 Å². The van der Waals surface area contributed by atoms with Gasteiger partial charge in [0.25, 0.3) is 0 Å². The van der Waals surface area contributed by atoms with E-state index < -0.39 is 0 Å². The van der Waals surface area contributed by atoms with Gasteiger partial charge in [-0.15, -0.1) is 12.4 Å². The lowest BCUT2D eigenvalue weighted by atomic mass is 9.79. The number of fused-ring (bicyclic) bond motifs is 1. The van der Waals surface area contributed by atoms with Crippen molar-refractivity contribution in [1.29, 1.82) is 0 Å². The van der Waals surface area contributed by atoms with Crippen molar-refractivity contribution >= 4 is 12.4 Å². The van der Waals surface area contributed by atoms with Crippen molar-refractivity contribution in [1.82, 2.24) is 14.7 Å². The molecule has 4 rings (SSSR count). The van der Waals surface area contributed by atoms with E-state index in [4.69, 9.17) is 10.8 Å². The number of piperidine rings is 1. The quantitative estimate of drug-likeness (QED) is 0.913. The summed E-state index contributed by atoms with van der Waals surface area (Å²) in [5, 5.41) is 5.01. The molecule has 2 aromatic rings. The molecule has 2 heterocycles. The van der Waals surface area contributed by atoms with Crippen LogP contribution in [0.5, 0.6) is 0 Å². The van der Waals surface area contributed by atoms with Gasteiger partial charge in [-0.05, 0) is 48.8 Å². The van der Waals surface area contributed by atoms with Crippen molar-refractivity contribution in [3.63, 3.8) is 0 Å². The fraction of sp³-hybridized carbons (Fsp3) is 0.550. The maximum atomic E-state index is 6.29. The van der Waals surface area contributed by atoms with Crippen LogP contribution in [-0.2, 0) is 19.4 Å². The van der Waals surface area contributed by atoms with E-state index in [0.29, 0.717) is 6.04 Å². The summed E-state index contributed by atoms with van der Waals surface area (Å²) in [6.45, 7) is 7.67. The summed E-state index contributed by atoms with van der Waals surface area (Å²) in [5.74, 6) is 0. The average molecular weight is 361 g/mol. The topological polar surface area (TPSA) is 47.1 Å². The molecule has 1 saturated heterocycles. The SMILES string of the molecule is CC1(C)CN(Cc2nn(-c3ccccc3)c3c2CCC3)CCC1N.Cl. The van der Waals surface area contributed by atoms with Crippen molar-refractivity contribution < 1.29 is 0 Å². The standard InChI is InChI=1S/C20H28N4.ClH/c1-20(2)14-23(12-11-19(20)21)13-17-16-9-6-10-18(16)24(22-17)15-7-4-3-5-8-15;/h3-5,7-8,19H,6,9-14,21H2,1-2H3;1H. The zero-order valence-corrected chi connectivity index (χ0v) is 16.1. The largest absolute Gasteiger partial charge is 0.327 e. The van der Waals surface area contributed by atoms with Gasteiger partial charge in [0.05, 0.1) is 11.4 Å². The van der Waals surface area contributed by atoms with Gasteiger partial charge in [0.2, 0.25) is 0 Å². The maximum Gasteiger partial charge on any atom is 0.0804 e. The number of halogens is 1.